The van der Waals surface area contributed by atoms with Gasteiger partial charge in [-0.05, 0) is 39.7 Å². The van der Waals surface area contributed by atoms with Crippen molar-refractivity contribution in [1.82, 2.24) is 4.90 Å². The predicted octanol–water partition coefficient (Wildman–Crippen LogP) is 3.05. The van der Waals surface area contributed by atoms with Crippen LogP contribution in [0.15, 0.2) is 24.3 Å². The van der Waals surface area contributed by atoms with Crippen molar-refractivity contribution >= 4 is 6.09 Å². The number of hydrogen-bond acceptors (Lipinski definition) is 3. The predicted molar refractivity (Wildman–Crippen MR) is 84.3 cm³/mol. The number of hydrogen-bond donors (Lipinski definition) is 1. The van der Waals surface area contributed by atoms with E-state index >= 15 is 0 Å². The van der Waals surface area contributed by atoms with Gasteiger partial charge in [0.05, 0.1) is 0 Å². The molecule has 2 N–H and O–H groups in total. The van der Waals surface area contributed by atoms with Gasteiger partial charge in [0, 0.05) is 25.0 Å². The Hall–Kier alpha value is -1.55. The lowest BCUT2D eigenvalue weighted by molar-refractivity contribution is 0.0181. The molecule has 4 nitrogen and oxygen atoms in total. The van der Waals surface area contributed by atoms with Gasteiger partial charge in [-0.1, -0.05) is 29.8 Å². The monoisotopic (exact) mass is 290 g/mol. The summed E-state index contributed by atoms with van der Waals surface area (Å²) >= 11 is 0. The second kappa shape index (κ2) is 6.06. The summed E-state index contributed by atoms with van der Waals surface area (Å²) in [4.78, 5) is 14.0. The number of amides is 1. The van der Waals surface area contributed by atoms with Gasteiger partial charge in [-0.25, -0.2) is 4.79 Å². The van der Waals surface area contributed by atoms with Gasteiger partial charge in [-0.3, -0.25) is 0 Å². The van der Waals surface area contributed by atoms with Gasteiger partial charge in [-0.15, -0.1) is 0 Å². The summed E-state index contributed by atoms with van der Waals surface area (Å²) in [5.74, 6) is 0.279. The smallest absolute Gasteiger partial charge is 0.410 e. The van der Waals surface area contributed by atoms with E-state index in [-0.39, 0.29) is 18.1 Å². The number of ether oxygens (including phenoxy) is 1. The number of nitrogens with two attached hydrogens (primary N) is 1. The van der Waals surface area contributed by atoms with Crippen molar-refractivity contribution in [2.45, 2.75) is 51.7 Å². The maximum Gasteiger partial charge on any atom is 0.410 e. The van der Waals surface area contributed by atoms with Crippen LogP contribution in [0.5, 0.6) is 0 Å². The highest BCUT2D eigenvalue weighted by Crippen LogP contribution is 2.28. The third kappa shape index (κ3) is 4.46. The van der Waals surface area contributed by atoms with Gasteiger partial charge in [0.25, 0.3) is 0 Å². The number of carbonyl (C=O) groups is 1. The second-order valence-corrected chi connectivity index (χ2v) is 6.99. The van der Waals surface area contributed by atoms with E-state index < -0.39 is 5.60 Å². The largest absolute Gasteiger partial charge is 0.444 e. The molecule has 0 aromatic heterocycles. The highest BCUT2D eigenvalue weighted by Gasteiger charge is 2.31. The lowest BCUT2D eigenvalue weighted by Crippen LogP contribution is -2.50. The van der Waals surface area contributed by atoms with E-state index in [0.29, 0.717) is 13.1 Å². The fourth-order valence-corrected chi connectivity index (χ4v) is 2.78. The molecule has 1 fully saturated rings. The molecule has 4 heteroatoms. The number of carbonyl (C=O) groups excluding carboxylic acids is 1. The van der Waals surface area contributed by atoms with Crippen molar-refractivity contribution < 1.29 is 9.53 Å². The van der Waals surface area contributed by atoms with Crippen LogP contribution in [0.1, 0.15) is 44.2 Å². The number of rotatable bonds is 1. The molecule has 0 spiro atoms. The first-order valence-corrected chi connectivity index (χ1v) is 7.54. The minimum absolute atomic E-state index is 0.00298. The fourth-order valence-electron chi connectivity index (χ4n) is 2.78. The zero-order chi connectivity index (χ0) is 15.6. The highest BCUT2D eigenvalue weighted by molar-refractivity contribution is 5.68. The summed E-state index contributed by atoms with van der Waals surface area (Å²) in [5, 5.41) is 0. The molecule has 1 saturated heterocycles. The first kappa shape index (κ1) is 15.8. The molecule has 0 saturated carbocycles. The van der Waals surface area contributed by atoms with E-state index in [0.717, 1.165) is 6.42 Å². The summed E-state index contributed by atoms with van der Waals surface area (Å²) in [6.45, 7) is 8.97. The SMILES string of the molecule is Cc1cccc([C@H]2C[C@@H](N)CN(C(=O)OC(C)(C)C)C2)c1. The molecule has 2 rings (SSSR count). The van der Waals surface area contributed by atoms with Crippen LogP contribution in [0.2, 0.25) is 0 Å². The van der Waals surface area contributed by atoms with Crippen molar-refractivity contribution in [3.05, 3.63) is 35.4 Å². The van der Waals surface area contributed by atoms with E-state index in [2.05, 4.69) is 31.2 Å². The third-order valence-electron chi connectivity index (χ3n) is 3.65. The Kier molecular flexibility index (Phi) is 4.57. The van der Waals surface area contributed by atoms with E-state index in [1.165, 1.54) is 11.1 Å². The van der Waals surface area contributed by atoms with Crippen LogP contribution in [0, 0.1) is 6.92 Å². The molecule has 1 aliphatic rings. The Bertz CT molecular complexity index is 508. The average molecular weight is 290 g/mol. The van der Waals surface area contributed by atoms with Crippen LogP contribution in [0.3, 0.4) is 0 Å². The molecular weight excluding hydrogens is 264 g/mol. The number of nitrogens with zero attached hydrogens (tertiary/aromatic N) is 1. The number of benzene rings is 1. The first-order chi connectivity index (χ1) is 9.74. The molecule has 0 bridgehead atoms. The summed E-state index contributed by atoms with van der Waals surface area (Å²) in [6.07, 6.45) is 0.637. The molecule has 1 aliphatic heterocycles. The standard InChI is InChI=1S/C17H26N2O2/c1-12-6-5-7-13(8-12)14-9-15(18)11-19(10-14)16(20)21-17(2,3)4/h5-8,14-15H,9-11,18H2,1-4H3/t14-,15+/m0/s1. The molecule has 0 aliphatic carbocycles. The van der Waals surface area contributed by atoms with Gasteiger partial charge in [0.1, 0.15) is 5.60 Å². The van der Waals surface area contributed by atoms with Crippen molar-refractivity contribution in [3.8, 4) is 0 Å². The number of piperidine rings is 1. The molecule has 1 aromatic rings. The quantitative estimate of drug-likeness (QED) is 0.865. The van der Waals surface area contributed by atoms with E-state index in [4.69, 9.17) is 10.5 Å². The Morgan fingerprint density at radius 3 is 2.67 bits per heavy atom. The molecular formula is C17H26N2O2. The van der Waals surface area contributed by atoms with Crippen LogP contribution >= 0.6 is 0 Å². The van der Waals surface area contributed by atoms with Crippen molar-refractivity contribution in [3.63, 3.8) is 0 Å². The second-order valence-electron chi connectivity index (χ2n) is 6.99. The maximum atomic E-state index is 12.3. The van der Waals surface area contributed by atoms with Crippen LogP contribution < -0.4 is 5.73 Å². The summed E-state index contributed by atoms with van der Waals surface area (Å²) in [6, 6.07) is 8.43. The van der Waals surface area contributed by atoms with E-state index in [1.54, 1.807) is 4.90 Å². The minimum Gasteiger partial charge on any atom is -0.444 e. The lowest BCUT2D eigenvalue weighted by Gasteiger charge is -2.37. The summed E-state index contributed by atoms with van der Waals surface area (Å²) in [5.41, 5.74) is 8.15. The molecule has 116 valence electrons. The van der Waals surface area contributed by atoms with Crippen LogP contribution in [0.25, 0.3) is 0 Å². The normalized spacial score (nSPS) is 23.0. The van der Waals surface area contributed by atoms with Crippen LogP contribution in [0.4, 0.5) is 4.79 Å². The van der Waals surface area contributed by atoms with Crippen LogP contribution in [-0.4, -0.2) is 35.7 Å². The highest BCUT2D eigenvalue weighted by atomic mass is 16.6. The van der Waals surface area contributed by atoms with Gasteiger partial charge in [-0.2, -0.15) is 0 Å². The first-order valence-electron chi connectivity index (χ1n) is 7.54. The van der Waals surface area contributed by atoms with Crippen molar-refractivity contribution in [2.75, 3.05) is 13.1 Å². The fraction of sp³-hybridized carbons (Fsp3) is 0.588. The van der Waals surface area contributed by atoms with E-state index in [9.17, 15) is 4.79 Å². The van der Waals surface area contributed by atoms with Gasteiger partial charge in [0.2, 0.25) is 0 Å². The minimum atomic E-state index is -0.475. The van der Waals surface area contributed by atoms with Gasteiger partial charge in [0.15, 0.2) is 0 Å². The molecule has 0 radical (unpaired) electrons. The number of likely N-dealkylation sites (tertiary alicyclic amines) is 1. The van der Waals surface area contributed by atoms with Gasteiger partial charge < -0.3 is 15.4 Å². The molecule has 0 unspecified atom stereocenters. The Morgan fingerprint density at radius 2 is 2.05 bits per heavy atom. The zero-order valence-corrected chi connectivity index (χ0v) is 13.4. The van der Waals surface area contributed by atoms with E-state index in [1.807, 2.05) is 20.8 Å². The summed E-state index contributed by atoms with van der Waals surface area (Å²) < 4.78 is 5.46. The Balaban J connectivity index is 2.10. The Morgan fingerprint density at radius 1 is 1.33 bits per heavy atom. The molecule has 1 amide bonds. The average Bonchev–Trinajstić information content (AvgIpc) is 2.36. The lowest BCUT2D eigenvalue weighted by atomic mass is 9.88. The third-order valence-corrected chi connectivity index (χ3v) is 3.65. The van der Waals surface area contributed by atoms with Crippen molar-refractivity contribution in [1.29, 1.82) is 0 Å². The van der Waals surface area contributed by atoms with Gasteiger partial charge >= 0.3 is 6.09 Å². The summed E-state index contributed by atoms with van der Waals surface area (Å²) in [7, 11) is 0. The molecule has 1 heterocycles. The molecule has 1 aromatic carbocycles. The van der Waals surface area contributed by atoms with Crippen LogP contribution in [-0.2, 0) is 4.74 Å². The number of aryl methyl sites for hydroxylation is 1. The topological polar surface area (TPSA) is 55.6 Å². The van der Waals surface area contributed by atoms with Crippen molar-refractivity contribution in [2.24, 2.45) is 5.73 Å². The zero-order valence-electron chi connectivity index (χ0n) is 13.4. The molecule has 21 heavy (non-hydrogen) atoms. The molecule has 2 atom stereocenters. The maximum absolute atomic E-state index is 12.3. The Labute approximate surface area is 127 Å².